The van der Waals surface area contributed by atoms with Gasteiger partial charge in [-0.1, -0.05) is 0 Å². The van der Waals surface area contributed by atoms with E-state index in [1.807, 2.05) is 27.7 Å². The zero-order valence-electron chi connectivity index (χ0n) is 12.5. The largest absolute Gasteiger partial charge is 0.390 e. The van der Waals surface area contributed by atoms with Crippen molar-refractivity contribution in [3.8, 4) is 0 Å². The van der Waals surface area contributed by atoms with Gasteiger partial charge in [-0.05, 0) is 52.5 Å². The van der Waals surface area contributed by atoms with Crippen molar-refractivity contribution in [2.24, 2.45) is 5.92 Å². The first-order valence-electron chi connectivity index (χ1n) is 7.03. The Morgan fingerprint density at radius 2 is 2.05 bits per heavy atom. The molecule has 1 fully saturated rings. The number of hydrogen-bond donors (Lipinski definition) is 2. The van der Waals surface area contributed by atoms with Gasteiger partial charge in [0.15, 0.2) is 0 Å². The van der Waals surface area contributed by atoms with Crippen molar-refractivity contribution in [1.82, 2.24) is 9.29 Å². The highest BCUT2D eigenvalue weighted by Gasteiger charge is 2.40. The first-order valence-corrected chi connectivity index (χ1v) is 8.51. The van der Waals surface area contributed by atoms with Gasteiger partial charge < -0.3 is 9.67 Å². The molecule has 0 radical (unpaired) electrons. The van der Waals surface area contributed by atoms with Crippen LogP contribution in [0.25, 0.3) is 0 Å². The summed E-state index contributed by atoms with van der Waals surface area (Å²) in [5.41, 5.74) is 0.197. The van der Waals surface area contributed by atoms with Crippen molar-refractivity contribution >= 4 is 10.0 Å². The lowest BCUT2D eigenvalue weighted by molar-refractivity contribution is 0.268. The molecule has 0 spiro atoms. The van der Waals surface area contributed by atoms with Gasteiger partial charge >= 0.3 is 0 Å². The fourth-order valence-electron chi connectivity index (χ4n) is 2.54. The lowest BCUT2D eigenvalue weighted by Gasteiger charge is -2.25. The predicted octanol–water partition coefficient (Wildman–Crippen LogP) is 2.03. The van der Waals surface area contributed by atoms with E-state index in [0.717, 1.165) is 12.8 Å². The zero-order chi connectivity index (χ0) is 15.1. The molecule has 6 heteroatoms. The molecule has 1 aliphatic rings. The van der Waals surface area contributed by atoms with Crippen LogP contribution in [0.2, 0.25) is 0 Å². The van der Waals surface area contributed by atoms with E-state index < -0.39 is 15.6 Å². The molecule has 0 atom stereocenters. The highest BCUT2D eigenvalue weighted by molar-refractivity contribution is 7.89. The van der Waals surface area contributed by atoms with Crippen LogP contribution in [0.3, 0.4) is 0 Å². The lowest BCUT2D eigenvalue weighted by atomic mass is 10.0. The van der Waals surface area contributed by atoms with Crippen molar-refractivity contribution in [1.29, 1.82) is 0 Å². The summed E-state index contributed by atoms with van der Waals surface area (Å²) in [4.78, 5) is 0.226. The molecule has 0 saturated heterocycles. The molecule has 1 saturated carbocycles. The summed E-state index contributed by atoms with van der Waals surface area (Å²) in [5, 5.41) is 9.34. The minimum absolute atomic E-state index is 0.109. The van der Waals surface area contributed by atoms with Crippen LogP contribution in [0.1, 0.15) is 52.3 Å². The molecule has 20 heavy (non-hydrogen) atoms. The Labute approximate surface area is 121 Å². The molecule has 0 aliphatic heterocycles. The fraction of sp³-hybridized carbons (Fsp3) is 0.714. The minimum Gasteiger partial charge on any atom is -0.390 e. The number of hydrogen-bond acceptors (Lipinski definition) is 3. The average molecular weight is 300 g/mol. The Hall–Kier alpha value is -0.850. The predicted molar refractivity (Wildman–Crippen MR) is 77.9 cm³/mol. The molecule has 0 aromatic carbocycles. The Bertz CT molecular complexity index is 584. The molecular formula is C14H24N2O3S. The number of nitrogens with one attached hydrogen (secondary N) is 1. The third kappa shape index (κ3) is 3.07. The summed E-state index contributed by atoms with van der Waals surface area (Å²) in [5.74, 6) is 0.418. The van der Waals surface area contributed by atoms with Crippen LogP contribution in [-0.2, 0) is 16.6 Å². The smallest absolute Gasteiger partial charge is 0.242 e. The quantitative estimate of drug-likeness (QED) is 0.844. The summed E-state index contributed by atoms with van der Waals surface area (Å²) >= 11 is 0. The molecule has 1 aromatic rings. The van der Waals surface area contributed by atoms with Crippen LogP contribution >= 0.6 is 0 Å². The Balaban J connectivity index is 2.29. The maximum atomic E-state index is 12.5. The van der Waals surface area contributed by atoms with Crippen molar-refractivity contribution in [3.63, 3.8) is 0 Å². The summed E-state index contributed by atoms with van der Waals surface area (Å²) < 4.78 is 29.5. The zero-order valence-corrected chi connectivity index (χ0v) is 13.4. The van der Waals surface area contributed by atoms with Gasteiger partial charge in [-0.3, -0.25) is 0 Å². The number of sulfonamides is 1. The second-order valence-electron chi connectivity index (χ2n) is 6.43. The van der Waals surface area contributed by atoms with Crippen LogP contribution in [0.15, 0.2) is 17.2 Å². The molecule has 0 unspecified atom stereocenters. The van der Waals surface area contributed by atoms with Crippen LogP contribution in [0, 0.1) is 5.92 Å². The van der Waals surface area contributed by atoms with Gasteiger partial charge in [0.1, 0.15) is 4.90 Å². The van der Waals surface area contributed by atoms with Crippen molar-refractivity contribution in [2.75, 3.05) is 0 Å². The van der Waals surface area contributed by atoms with Crippen LogP contribution in [0.4, 0.5) is 0 Å². The lowest BCUT2D eigenvalue weighted by Crippen LogP contribution is -2.44. The van der Waals surface area contributed by atoms with E-state index in [1.54, 1.807) is 16.8 Å². The van der Waals surface area contributed by atoms with Crippen LogP contribution in [-0.4, -0.2) is 23.6 Å². The average Bonchev–Trinajstić information content (AvgIpc) is 3.07. The second-order valence-corrected chi connectivity index (χ2v) is 8.11. The molecule has 0 bridgehead atoms. The first kappa shape index (κ1) is 15.5. The molecule has 5 nitrogen and oxygen atoms in total. The van der Waals surface area contributed by atoms with Crippen LogP contribution < -0.4 is 4.72 Å². The normalized spacial score (nSPS) is 16.9. The maximum absolute atomic E-state index is 12.5. The van der Waals surface area contributed by atoms with Gasteiger partial charge in [0.05, 0.1) is 6.61 Å². The summed E-state index contributed by atoms with van der Waals surface area (Å²) in [6.45, 7) is 7.59. The SMILES string of the molecule is CC(C)n1cc(S(=O)(=O)NC(C)(C)C2CC2)cc1CO. The monoisotopic (exact) mass is 300 g/mol. The fourth-order valence-corrected chi connectivity index (χ4v) is 4.07. The minimum atomic E-state index is -3.55. The number of aliphatic hydroxyl groups is 1. The van der Waals surface area contributed by atoms with E-state index in [2.05, 4.69) is 4.72 Å². The highest BCUT2D eigenvalue weighted by atomic mass is 32.2. The molecule has 1 aromatic heterocycles. The Morgan fingerprint density at radius 3 is 2.45 bits per heavy atom. The summed E-state index contributed by atoms with van der Waals surface area (Å²) in [6, 6.07) is 1.66. The topological polar surface area (TPSA) is 71.3 Å². The van der Waals surface area contributed by atoms with Gasteiger partial charge in [-0.25, -0.2) is 13.1 Å². The molecular weight excluding hydrogens is 276 g/mol. The third-order valence-electron chi connectivity index (χ3n) is 3.93. The molecule has 1 aliphatic carbocycles. The number of aromatic nitrogens is 1. The standard InChI is InChI=1S/C14H24N2O3S/c1-10(2)16-8-13(7-12(16)9-17)20(18,19)15-14(3,4)11-5-6-11/h7-8,10-11,15,17H,5-6,9H2,1-4H3. The van der Waals surface area contributed by atoms with Crippen molar-refractivity contribution in [2.45, 2.75) is 63.6 Å². The Morgan fingerprint density at radius 1 is 1.45 bits per heavy atom. The van der Waals surface area contributed by atoms with Crippen molar-refractivity contribution < 1.29 is 13.5 Å². The number of aliphatic hydroxyl groups excluding tert-OH is 1. The number of rotatable bonds is 6. The van der Waals surface area contributed by atoms with Gasteiger partial charge in [-0.15, -0.1) is 0 Å². The maximum Gasteiger partial charge on any atom is 0.242 e. The third-order valence-corrected chi connectivity index (χ3v) is 5.57. The van der Waals surface area contributed by atoms with Gasteiger partial charge in [-0.2, -0.15) is 0 Å². The van der Waals surface area contributed by atoms with Gasteiger partial charge in [0, 0.05) is 23.5 Å². The summed E-state index contributed by atoms with van der Waals surface area (Å²) in [6.07, 6.45) is 3.75. The molecule has 2 rings (SSSR count). The first-order chi connectivity index (χ1) is 9.17. The summed E-state index contributed by atoms with van der Waals surface area (Å²) in [7, 11) is -3.55. The Kier molecular flexibility index (Phi) is 4.01. The number of nitrogens with zero attached hydrogens (tertiary/aromatic N) is 1. The molecule has 1 heterocycles. The second kappa shape index (κ2) is 5.16. The van der Waals surface area contributed by atoms with E-state index in [9.17, 15) is 13.5 Å². The van der Waals surface area contributed by atoms with Crippen LogP contribution in [0.5, 0.6) is 0 Å². The van der Waals surface area contributed by atoms with E-state index in [1.165, 1.54) is 0 Å². The molecule has 0 amide bonds. The highest BCUT2D eigenvalue weighted by Crippen LogP contribution is 2.40. The van der Waals surface area contributed by atoms with Crippen molar-refractivity contribution in [3.05, 3.63) is 18.0 Å². The van der Waals surface area contributed by atoms with E-state index in [-0.39, 0.29) is 17.5 Å². The molecule has 2 N–H and O–H groups in total. The van der Waals surface area contributed by atoms with Gasteiger partial charge in [0.2, 0.25) is 10.0 Å². The van der Waals surface area contributed by atoms with Gasteiger partial charge in [0.25, 0.3) is 0 Å². The van der Waals surface area contributed by atoms with E-state index >= 15 is 0 Å². The van der Waals surface area contributed by atoms with E-state index in [4.69, 9.17) is 0 Å². The molecule has 114 valence electrons. The van der Waals surface area contributed by atoms with E-state index in [0.29, 0.717) is 11.6 Å².